The highest BCUT2D eigenvalue weighted by Gasteiger charge is 1.99. The van der Waals surface area contributed by atoms with Crippen molar-refractivity contribution >= 4 is 5.97 Å². The Morgan fingerprint density at radius 1 is 0.538 bits per heavy atom. The van der Waals surface area contributed by atoms with Crippen LogP contribution in [0, 0.1) is 0 Å². The molecule has 1 aromatic carbocycles. The molecule has 226 valence electrons. The predicted molar refractivity (Wildman–Crippen MR) is 151 cm³/mol. The molecule has 0 fully saturated rings. The summed E-state index contributed by atoms with van der Waals surface area (Å²) in [6.07, 6.45) is 9.09. The topological polar surface area (TPSA) is 90.9 Å². The van der Waals surface area contributed by atoms with Crippen molar-refractivity contribution in [2.75, 3.05) is 92.5 Å². The standard InChI is InChI=1S/C30H52O9/c1-3-4-5-6-7-8-9-29-10-12-30(13-11-29)39-27-25-37-23-21-35-19-17-33-15-14-32-16-18-34-20-22-36-24-26-38-28(2)31/h10-13H,3-9,14-27H2,1-2H3. The van der Waals surface area contributed by atoms with Gasteiger partial charge < -0.3 is 37.9 Å². The Balaban J connectivity index is 1.76. The maximum absolute atomic E-state index is 10.6. The third-order valence-electron chi connectivity index (χ3n) is 5.63. The Hall–Kier alpha value is -1.75. The summed E-state index contributed by atoms with van der Waals surface area (Å²) in [4.78, 5) is 10.6. The molecule has 0 spiro atoms. The van der Waals surface area contributed by atoms with Gasteiger partial charge in [0.15, 0.2) is 0 Å². The fraction of sp³-hybridized carbons (Fsp3) is 0.767. The third kappa shape index (κ3) is 25.0. The minimum atomic E-state index is -0.304. The number of aryl methyl sites for hydroxylation is 1. The van der Waals surface area contributed by atoms with Crippen molar-refractivity contribution in [3.05, 3.63) is 29.8 Å². The van der Waals surface area contributed by atoms with Gasteiger partial charge in [-0.3, -0.25) is 4.79 Å². The van der Waals surface area contributed by atoms with Crippen LogP contribution in [0.4, 0.5) is 0 Å². The second kappa shape index (κ2) is 27.8. The minimum Gasteiger partial charge on any atom is -0.491 e. The lowest BCUT2D eigenvalue weighted by molar-refractivity contribution is -0.142. The second-order valence-corrected chi connectivity index (χ2v) is 9.02. The van der Waals surface area contributed by atoms with Crippen molar-refractivity contribution in [2.45, 2.75) is 58.8 Å². The zero-order chi connectivity index (χ0) is 28.1. The molecule has 39 heavy (non-hydrogen) atoms. The molecule has 0 atom stereocenters. The highest BCUT2D eigenvalue weighted by Crippen LogP contribution is 2.15. The molecule has 0 aromatic heterocycles. The van der Waals surface area contributed by atoms with Crippen LogP contribution in [-0.2, 0) is 44.4 Å². The largest absolute Gasteiger partial charge is 0.491 e. The van der Waals surface area contributed by atoms with Gasteiger partial charge in [-0.15, -0.1) is 0 Å². The van der Waals surface area contributed by atoms with Gasteiger partial charge in [-0.2, -0.15) is 0 Å². The van der Waals surface area contributed by atoms with Crippen LogP contribution in [0.5, 0.6) is 5.75 Å². The van der Waals surface area contributed by atoms with Crippen molar-refractivity contribution in [3.8, 4) is 5.75 Å². The third-order valence-corrected chi connectivity index (χ3v) is 5.63. The number of esters is 1. The lowest BCUT2D eigenvalue weighted by Crippen LogP contribution is -2.15. The summed E-state index contributed by atoms with van der Waals surface area (Å²) < 4.78 is 43.1. The van der Waals surface area contributed by atoms with E-state index in [1.165, 1.54) is 51.0 Å². The molecule has 1 rings (SSSR count). The molecule has 1 aromatic rings. The van der Waals surface area contributed by atoms with Crippen molar-refractivity contribution in [2.24, 2.45) is 0 Å². The van der Waals surface area contributed by atoms with E-state index >= 15 is 0 Å². The van der Waals surface area contributed by atoms with Gasteiger partial charge in [0.05, 0.1) is 79.3 Å². The number of rotatable bonds is 29. The quantitative estimate of drug-likeness (QED) is 0.103. The molecule has 0 unspecified atom stereocenters. The summed E-state index contributed by atoms with van der Waals surface area (Å²) in [6.45, 7) is 10.3. The van der Waals surface area contributed by atoms with Gasteiger partial charge in [-0.05, 0) is 30.5 Å². The number of carbonyl (C=O) groups is 1. The average Bonchev–Trinajstić information content (AvgIpc) is 2.94. The van der Waals surface area contributed by atoms with Crippen LogP contribution in [0.15, 0.2) is 24.3 Å². The monoisotopic (exact) mass is 556 g/mol. The van der Waals surface area contributed by atoms with Gasteiger partial charge in [0.2, 0.25) is 0 Å². The molecule has 0 saturated carbocycles. The molecule has 0 amide bonds. The van der Waals surface area contributed by atoms with Crippen LogP contribution in [0.1, 0.15) is 57.9 Å². The first-order chi connectivity index (χ1) is 19.2. The summed E-state index contributed by atoms with van der Waals surface area (Å²) in [5.41, 5.74) is 1.38. The average molecular weight is 557 g/mol. The van der Waals surface area contributed by atoms with E-state index in [-0.39, 0.29) is 12.6 Å². The molecule has 0 heterocycles. The lowest BCUT2D eigenvalue weighted by Gasteiger charge is -2.09. The molecule has 0 bridgehead atoms. The number of benzene rings is 1. The number of carbonyl (C=O) groups excluding carboxylic acids is 1. The van der Waals surface area contributed by atoms with E-state index < -0.39 is 0 Å². The number of unbranched alkanes of at least 4 members (excludes halogenated alkanes) is 5. The summed E-state index contributed by atoms with van der Waals surface area (Å²) in [5, 5.41) is 0. The van der Waals surface area contributed by atoms with E-state index in [1.54, 1.807) is 0 Å². The first kappa shape index (κ1) is 35.3. The highest BCUT2D eigenvalue weighted by molar-refractivity contribution is 5.65. The highest BCUT2D eigenvalue weighted by atomic mass is 16.6. The Bertz CT molecular complexity index is 654. The molecule has 0 aliphatic rings. The zero-order valence-electron chi connectivity index (χ0n) is 24.3. The maximum Gasteiger partial charge on any atom is 0.302 e. The van der Waals surface area contributed by atoms with Gasteiger partial charge >= 0.3 is 5.97 Å². The maximum atomic E-state index is 10.6. The van der Waals surface area contributed by atoms with Crippen LogP contribution < -0.4 is 4.74 Å². The van der Waals surface area contributed by atoms with E-state index in [4.69, 9.17) is 37.9 Å². The summed E-state index contributed by atoms with van der Waals surface area (Å²) in [7, 11) is 0. The normalized spacial score (nSPS) is 11.1. The zero-order valence-corrected chi connectivity index (χ0v) is 24.3. The smallest absolute Gasteiger partial charge is 0.302 e. The number of hydrogen-bond acceptors (Lipinski definition) is 9. The molecule has 0 radical (unpaired) electrons. The number of ether oxygens (including phenoxy) is 8. The summed E-state index contributed by atoms with van der Waals surface area (Å²) in [6, 6.07) is 8.42. The second-order valence-electron chi connectivity index (χ2n) is 9.02. The van der Waals surface area contributed by atoms with Crippen LogP contribution >= 0.6 is 0 Å². The first-order valence-electron chi connectivity index (χ1n) is 14.5. The van der Waals surface area contributed by atoms with Crippen molar-refractivity contribution < 1.29 is 42.7 Å². The molecular formula is C30H52O9. The molecule has 0 aliphatic carbocycles. The molecule has 9 nitrogen and oxygen atoms in total. The minimum absolute atomic E-state index is 0.266. The summed E-state index contributed by atoms with van der Waals surface area (Å²) in [5.74, 6) is 0.579. The Morgan fingerprint density at radius 3 is 1.41 bits per heavy atom. The van der Waals surface area contributed by atoms with E-state index in [9.17, 15) is 4.79 Å². The predicted octanol–water partition coefficient (Wildman–Crippen LogP) is 4.63. The van der Waals surface area contributed by atoms with Gasteiger partial charge in [-0.1, -0.05) is 51.2 Å². The molecule has 0 N–H and O–H groups in total. The first-order valence-corrected chi connectivity index (χ1v) is 14.5. The lowest BCUT2D eigenvalue weighted by atomic mass is 10.0. The van der Waals surface area contributed by atoms with Gasteiger partial charge in [0.1, 0.15) is 19.0 Å². The van der Waals surface area contributed by atoms with Crippen LogP contribution in [0.2, 0.25) is 0 Å². The van der Waals surface area contributed by atoms with Crippen molar-refractivity contribution in [1.82, 2.24) is 0 Å². The van der Waals surface area contributed by atoms with E-state index in [1.807, 2.05) is 12.1 Å². The van der Waals surface area contributed by atoms with Crippen LogP contribution in [-0.4, -0.2) is 98.5 Å². The SMILES string of the molecule is CCCCCCCCc1ccc(OCCOCCOCCOCCOCCOCCOCCOC(C)=O)cc1. The van der Waals surface area contributed by atoms with Crippen LogP contribution in [0.25, 0.3) is 0 Å². The fourth-order valence-corrected chi connectivity index (χ4v) is 3.53. The van der Waals surface area contributed by atoms with Gasteiger partial charge in [0, 0.05) is 6.92 Å². The fourth-order valence-electron chi connectivity index (χ4n) is 3.53. The van der Waals surface area contributed by atoms with E-state index in [2.05, 4.69) is 19.1 Å². The Morgan fingerprint density at radius 2 is 0.949 bits per heavy atom. The Labute approximate surface area is 235 Å². The molecule has 0 aliphatic heterocycles. The molecule has 0 saturated heterocycles. The van der Waals surface area contributed by atoms with Crippen molar-refractivity contribution in [1.29, 1.82) is 0 Å². The van der Waals surface area contributed by atoms with Crippen molar-refractivity contribution in [3.63, 3.8) is 0 Å². The van der Waals surface area contributed by atoms with E-state index in [0.717, 1.165) is 12.2 Å². The molecular weight excluding hydrogens is 504 g/mol. The summed E-state index contributed by atoms with van der Waals surface area (Å²) >= 11 is 0. The van der Waals surface area contributed by atoms with Gasteiger partial charge in [0.25, 0.3) is 0 Å². The van der Waals surface area contributed by atoms with Crippen LogP contribution in [0.3, 0.4) is 0 Å². The molecule has 9 heteroatoms. The van der Waals surface area contributed by atoms with E-state index in [0.29, 0.717) is 85.9 Å². The van der Waals surface area contributed by atoms with Gasteiger partial charge in [-0.25, -0.2) is 0 Å². The number of hydrogen-bond donors (Lipinski definition) is 0. The Kier molecular flexibility index (Phi) is 25.1.